The summed E-state index contributed by atoms with van der Waals surface area (Å²) in [6, 6.07) is 22.7. The average Bonchev–Trinajstić information content (AvgIpc) is 3.26. The zero-order valence-electron chi connectivity index (χ0n) is 20.4. The molecule has 3 aromatic carbocycles. The van der Waals surface area contributed by atoms with Crippen molar-refractivity contribution in [3.8, 4) is 11.5 Å². The predicted octanol–water partition coefficient (Wildman–Crippen LogP) is 5.66. The van der Waals surface area contributed by atoms with Gasteiger partial charge in [0, 0.05) is 12.1 Å². The fourth-order valence-corrected chi connectivity index (χ4v) is 5.58. The van der Waals surface area contributed by atoms with Crippen LogP contribution < -0.4 is 19.7 Å². The Hall–Kier alpha value is -4.06. The number of allylic oxidation sites excluding steroid dienone is 1. The minimum absolute atomic E-state index is 0.0722. The topological polar surface area (TPSA) is 67.9 Å². The van der Waals surface area contributed by atoms with E-state index in [0.717, 1.165) is 28.2 Å². The molecule has 2 atom stereocenters. The van der Waals surface area contributed by atoms with Gasteiger partial charge >= 0.3 is 0 Å². The highest BCUT2D eigenvalue weighted by Crippen LogP contribution is 2.49. The zero-order valence-corrected chi connectivity index (χ0v) is 20.4. The Labute approximate surface area is 210 Å². The highest BCUT2D eigenvalue weighted by molar-refractivity contribution is 6.02. The molecule has 0 spiro atoms. The maximum Gasteiger partial charge on any atom is 0.232 e. The molecule has 1 amide bonds. The van der Waals surface area contributed by atoms with Crippen LogP contribution in [0.4, 0.5) is 11.4 Å². The molecule has 0 saturated heterocycles. The number of amides is 1. The normalized spacial score (nSPS) is 21.6. The molecule has 36 heavy (non-hydrogen) atoms. The number of hydrogen-bond acceptors (Lipinski definition) is 5. The number of ketones is 1. The van der Waals surface area contributed by atoms with Gasteiger partial charge in [-0.2, -0.15) is 0 Å². The van der Waals surface area contributed by atoms with Crippen molar-refractivity contribution < 1.29 is 19.1 Å². The first-order valence-corrected chi connectivity index (χ1v) is 12.3. The fraction of sp³-hybridized carbons (Fsp3) is 0.267. The van der Waals surface area contributed by atoms with E-state index < -0.39 is 12.0 Å². The molecule has 0 saturated carbocycles. The van der Waals surface area contributed by atoms with Crippen LogP contribution >= 0.6 is 0 Å². The van der Waals surface area contributed by atoms with Crippen LogP contribution in [0.3, 0.4) is 0 Å². The van der Waals surface area contributed by atoms with Crippen LogP contribution in [0.25, 0.3) is 0 Å². The molecule has 182 valence electrons. The Morgan fingerprint density at radius 2 is 1.75 bits per heavy atom. The van der Waals surface area contributed by atoms with E-state index in [1.165, 1.54) is 0 Å². The van der Waals surface area contributed by atoms with Gasteiger partial charge in [0.05, 0.1) is 29.8 Å². The van der Waals surface area contributed by atoms with Crippen LogP contribution in [0.15, 0.2) is 84.6 Å². The second kappa shape index (κ2) is 8.55. The van der Waals surface area contributed by atoms with Crippen LogP contribution in [-0.4, -0.2) is 18.5 Å². The third-order valence-corrected chi connectivity index (χ3v) is 7.10. The van der Waals surface area contributed by atoms with Gasteiger partial charge in [0.25, 0.3) is 0 Å². The van der Waals surface area contributed by atoms with E-state index in [1.54, 1.807) is 0 Å². The highest BCUT2D eigenvalue weighted by atomic mass is 16.7. The van der Waals surface area contributed by atoms with Gasteiger partial charge in [0.15, 0.2) is 11.5 Å². The van der Waals surface area contributed by atoms with Crippen LogP contribution in [0.2, 0.25) is 0 Å². The average molecular weight is 481 g/mol. The van der Waals surface area contributed by atoms with Crippen molar-refractivity contribution in [2.24, 2.45) is 11.3 Å². The van der Waals surface area contributed by atoms with Crippen LogP contribution in [0, 0.1) is 11.3 Å². The minimum atomic E-state index is -0.540. The molecule has 3 aliphatic rings. The lowest BCUT2D eigenvalue weighted by Crippen LogP contribution is -2.44. The van der Waals surface area contributed by atoms with Gasteiger partial charge in [-0.15, -0.1) is 0 Å². The van der Waals surface area contributed by atoms with Gasteiger partial charge in [-0.3, -0.25) is 9.59 Å². The van der Waals surface area contributed by atoms with Gasteiger partial charge in [-0.25, -0.2) is 0 Å². The number of rotatable bonds is 3. The Morgan fingerprint density at radius 3 is 2.58 bits per heavy atom. The van der Waals surface area contributed by atoms with Crippen LogP contribution in [-0.2, 0) is 16.0 Å². The molecular formula is C30H28N2O4. The number of para-hydroxylation sites is 2. The van der Waals surface area contributed by atoms with Crippen molar-refractivity contribution in [2.75, 3.05) is 17.0 Å². The Bertz CT molecular complexity index is 1380. The van der Waals surface area contributed by atoms with E-state index >= 15 is 0 Å². The second-order valence-corrected chi connectivity index (χ2v) is 10.3. The third-order valence-electron chi connectivity index (χ3n) is 7.10. The summed E-state index contributed by atoms with van der Waals surface area (Å²) in [5.74, 6) is 0.794. The second-order valence-electron chi connectivity index (χ2n) is 10.3. The molecule has 2 aliphatic heterocycles. The Kier molecular flexibility index (Phi) is 5.32. The lowest BCUT2D eigenvalue weighted by molar-refractivity contribution is -0.125. The predicted molar refractivity (Wildman–Crippen MR) is 138 cm³/mol. The summed E-state index contributed by atoms with van der Waals surface area (Å²) in [4.78, 5) is 29.8. The van der Waals surface area contributed by atoms with Crippen molar-refractivity contribution in [3.05, 3.63) is 95.7 Å². The van der Waals surface area contributed by atoms with Crippen LogP contribution in [0.5, 0.6) is 11.5 Å². The van der Waals surface area contributed by atoms with E-state index in [-0.39, 0.29) is 30.3 Å². The van der Waals surface area contributed by atoms with Gasteiger partial charge < -0.3 is 19.7 Å². The number of benzene rings is 3. The summed E-state index contributed by atoms with van der Waals surface area (Å²) in [7, 11) is 0. The molecule has 0 radical (unpaired) electrons. The first-order valence-electron chi connectivity index (χ1n) is 12.3. The number of carbonyl (C=O) groups is 2. The summed E-state index contributed by atoms with van der Waals surface area (Å²) < 4.78 is 11.2. The number of nitrogens with zero attached hydrogens (tertiary/aromatic N) is 1. The van der Waals surface area contributed by atoms with Gasteiger partial charge in [-0.05, 0) is 40.8 Å². The molecule has 2 heterocycles. The van der Waals surface area contributed by atoms with Crippen molar-refractivity contribution >= 4 is 23.1 Å². The van der Waals surface area contributed by atoms with Gasteiger partial charge in [-0.1, -0.05) is 68.5 Å². The van der Waals surface area contributed by atoms with E-state index in [0.29, 0.717) is 17.9 Å². The number of ether oxygens (including phenoxy) is 2. The molecule has 1 N–H and O–H groups in total. The van der Waals surface area contributed by atoms with Crippen molar-refractivity contribution in [1.29, 1.82) is 0 Å². The van der Waals surface area contributed by atoms with E-state index in [4.69, 9.17) is 9.47 Å². The summed E-state index contributed by atoms with van der Waals surface area (Å²) >= 11 is 0. The lowest BCUT2D eigenvalue weighted by atomic mass is 9.72. The number of carbonyl (C=O) groups excluding carboxylic acids is 2. The molecule has 0 aromatic heterocycles. The highest BCUT2D eigenvalue weighted by Gasteiger charge is 2.46. The van der Waals surface area contributed by atoms with Crippen molar-refractivity contribution in [1.82, 2.24) is 0 Å². The summed E-state index contributed by atoms with van der Waals surface area (Å²) in [6.07, 6.45) is 2.78. The standard InChI is InChI=1S/C30H28N2O4/c1-30(2)16-22-28(24(33)17-30)29(20-12-13-25-26(15-20)36-18-35-25)32(23-11-7-6-10-21(23)31-22)27(34)14-19-8-4-3-5-9-19/h3-13,15-16,28-29,31H,14,17-18H2,1-2H3. The molecule has 3 aromatic rings. The lowest BCUT2D eigenvalue weighted by Gasteiger charge is -2.39. The molecule has 0 bridgehead atoms. The maximum absolute atomic E-state index is 14.1. The number of Topliss-reactive ketones (excluding diaryl/α,β-unsaturated/α-hetero) is 1. The molecule has 6 nitrogen and oxygen atoms in total. The van der Waals surface area contributed by atoms with Gasteiger partial charge in [0.2, 0.25) is 12.7 Å². The monoisotopic (exact) mass is 480 g/mol. The Morgan fingerprint density at radius 1 is 1.00 bits per heavy atom. The Balaban J connectivity index is 1.55. The number of nitrogens with one attached hydrogen (secondary N) is 1. The molecule has 2 unspecified atom stereocenters. The summed E-state index contributed by atoms with van der Waals surface area (Å²) in [5.41, 5.74) is 3.87. The molecular weight excluding hydrogens is 452 g/mol. The first-order chi connectivity index (χ1) is 17.4. The van der Waals surface area contributed by atoms with Crippen LogP contribution in [0.1, 0.15) is 37.4 Å². The van der Waals surface area contributed by atoms with E-state index in [2.05, 4.69) is 25.2 Å². The van der Waals surface area contributed by atoms with Gasteiger partial charge in [0.1, 0.15) is 5.78 Å². The number of hydrogen-bond donors (Lipinski definition) is 1. The SMILES string of the molecule is CC1(C)C=C2Nc3ccccc3N(C(=O)Cc3ccccc3)C(c3ccc4c(c3)OCO4)C2C(=O)C1. The number of fused-ring (bicyclic) bond motifs is 3. The first kappa shape index (κ1) is 22.4. The summed E-state index contributed by atoms with van der Waals surface area (Å²) in [5, 5.41) is 3.54. The largest absolute Gasteiger partial charge is 0.454 e. The quantitative estimate of drug-likeness (QED) is 0.524. The fourth-order valence-electron chi connectivity index (χ4n) is 5.58. The summed E-state index contributed by atoms with van der Waals surface area (Å²) in [6.45, 7) is 4.30. The van der Waals surface area contributed by atoms with E-state index in [1.807, 2.05) is 77.7 Å². The maximum atomic E-state index is 14.1. The van der Waals surface area contributed by atoms with E-state index in [9.17, 15) is 9.59 Å². The smallest absolute Gasteiger partial charge is 0.232 e. The van der Waals surface area contributed by atoms with Crippen molar-refractivity contribution in [2.45, 2.75) is 32.7 Å². The number of anilines is 2. The zero-order chi connectivity index (χ0) is 24.9. The molecule has 0 fully saturated rings. The molecule has 6 heteroatoms. The molecule has 6 rings (SSSR count). The van der Waals surface area contributed by atoms with Crippen molar-refractivity contribution in [3.63, 3.8) is 0 Å². The third kappa shape index (κ3) is 3.92. The molecule has 1 aliphatic carbocycles. The minimum Gasteiger partial charge on any atom is -0.454 e.